The first kappa shape index (κ1) is 14.8. The fourth-order valence-corrected chi connectivity index (χ4v) is 1.50. The van der Waals surface area contributed by atoms with E-state index in [1.165, 1.54) is 32.7 Å². The molecular weight excluding hydrogens is 289 g/mol. The SMILES string of the molecule is COc1cc(C(F)(F)F)nc(Nc2ccncc2OC)n1. The number of hydrogen-bond donors (Lipinski definition) is 1. The zero-order chi connectivity index (χ0) is 15.5. The predicted octanol–water partition coefficient (Wildman–Crippen LogP) is 2.65. The Morgan fingerprint density at radius 1 is 1.14 bits per heavy atom. The lowest BCUT2D eigenvalue weighted by molar-refractivity contribution is -0.141. The van der Waals surface area contributed by atoms with E-state index in [9.17, 15) is 13.2 Å². The van der Waals surface area contributed by atoms with Crippen molar-refractivity contribution in [3.63, 3.8) is 0 Å². The molecule has 2 aromatic rings. The zero-order valence-corrected chi connectivity index (χ0v) is 11.1. The van der Waals surface area contributed by atoms with E-state index in [2.05, 4.69) is 20.3 Å². The Balaban J connectivity index is 2.39. The van der Waals surface area contributed by atoms with Crippen molar-refractivity contribution in [2.45, 2.75) is 6.18 Å². The summed E-state index contributed by atoms with van der Waals surface area (Å²) < 4.78 is 48.1. The molecule has 0 aliphatic heterocycles. The third kappa shape index (κ3) is 3.50. The van der Waals surface area contributed by atoms with Crippen LogP contribution in [0.3, 0.4) is 0 Å². The van der Waals surface area contributed by atoms with Gasteiger partial charge in [-0.05, 0) is 6.07 Å². The number of pyridine rings is 1. The number of alkyl halides is 3. The zero-order valence-electron chi connectivity index (χ0n) is 11.1. The molecule has 0 fully saturated rings. The van der Waals surface area contributed by atoms with Gasteiger partial charge in [0.05, 0.1) is 26.1 Å². The van der Waals surface area contributed by atoms with Crippen molar-refractivity contribution < 1.29 is 22.6 Å². The van der Waals surface area contributed by atoms with Crippen LogP contribution in [0, 0.1) is 0 Å². The second kappa shape index (κ2) is 5.81. The number of rotatable bonds is 4. The van der Waals surface area contributed by atoms with Crippen molar-refractivity contribution in [1.29, 1.82) is 0 Å². The average Bonchev–Trinajstić information content (AvgIpc) is 2.46. The van der Waals surface area contributed by atoms with Crippen molar-refractivity contribution in [3.05, 3.63) is 30.2 Å². The predicted molar refractivity (Wildman–Crippen MR) is 67.7 cm³/mol. The van der Waals surface area contributed by atoms with Crippen LogP contribution in [-0.2, 0) is 6.18 Å². The molecule has 0 saturated heterocycles. The molecule has 0 bridgehead atoms. The number of halogens is 3. The van der Waals surface area contributed by atoms with Crippen LogP contribution in [0.5, 0.6) is 11.6 Å². The molecule has 2 heterocycles. The van der Waals surface area contributed by atoms with Crippen molar-refractivity contribution in [3.8, 4) is 11.6 Å². The normalized spacial score (nSPS) is 11.1. The van der Waals surface area contributed by atoms with E-state index in [0.29, 0.717) is 11.4 Å². The van der Waals surface area contributed by atoms with Crippen LogP contribution in [0.25, 0.3) is 0 Å². The summed E-state index contributed by atoms with van der Waals surface area (Å²) >= 11 is 0. The highest BCUT2D eigenvalue weighted by Gasteiger charge is 2.34. The second-order valence-electron chi connectivity index (χ2n) is 3.82. The van der Waals surface area contributed by atoms with Gasteiger partial charge in [-0.1, -0.05) is 0 Å². The highest BCUT2D eigenvalue weighted by molar-refractivity contribution is 5.61. The third-order valence-corrected chi connectivity index (χ3v) is 2.45. The molecule has 21 heavy (non-hydrogen) atoms. The van der Waals surface area contributed by atoms with E-state index >= 15 is 0 Å². The Hall–Kier alpha value is -2.58. The minimum Gasteiger partial charge on any atom is -0.493 e. The van der Waals surface area contributed by atoms with Gasteiger partial charge in [0, 0.05) is 12.3 Å². The third-order valence-electron chi connectivity index (χ3n) is 2.45. The maximum atomic E-state index is 12.8. The molecule has 2 aromatic heterocycles. The summed E-state index contributed by atoms with van der Waals surface area (Å²) in [4.78, 5) is 11.1. The summed E-state index contributed by atoms with van der Waals surface area (Å²) in [7, 11) is 2.63. The summed E-state index contributed by atoms with van der Waals surface area (Å²) in [6.45, 7) is 0. The van der Waals surface area contributed by atoms with Crippen LogP contribution >= 0.6 is 0 Å². The summed E-state index contributed by atoms with van der Waals surface area (Å²) in [5.41, 5.74) is -0.723. The highest BCUT2D eigenvalue weighted by Crippen LogP contribution is 2.31. The number of nitrogens with zero attached hydrogens (tertiary/aromatic N) is 3. The summed E-state index contributed by atoms with van der Waals surface area (Å²) in [5.74, 6) is -0.114. The van der Waals surface area contributed by atoms with Gasteiger partial charge in [0.1, 0.15) is 0 Å². The molecule has 0 aliphatic rings. The number of aromatic nitrogens is 3. The first-order valence-electron chi connectivity index (χ1n) is 5.69. The van der Waals surface area contributed by atoms with Crippen LogP contribution in [0.1, 0.15) is 5.69 Å². The van der Waals surface area contributed by atoms with Crippen LogP contribution in [0.15, 0.2) is 24.5 Å². The van der Waals surface area contributed by atoms with Gasteiger partial charge < -0.3 is 14.8 Å². The first-order valence-corrected chi connectivity index (χ1v) is 5.69. The topological polar surface area (TPSA) is 69.2 Å². The number of hydrogen-bond acceptors (Lipinski definition) is 6. The Morgan fingerprint density at radius 2 is 1.90 bits per heavy atom. The molecule has 2 rings (SSSR count). The summed E-state index contributed by atoms with van der Waals surface area (Å²) in [6, 6.07) is 2.24. The number of ether oxygens (including phenoxy) is 2. The first-order chi connectivity index (χ1) is 9.94. The van der Waals surface area contributed by atoms with Crippen molar-refractivity contribution in [2.75, 3.05) is 19.5 Å². The second-order valence-corrected chi connectivity index (χ2v) is 3.82. The largest absolute Gasteiger partial charge is 0.493 e. The molecule has 0 radical (unpaired) electrons. The summed E-state index contributed by atoms with van der Waals surface area (Å²) in [6.07, 6.45) is -1.74. The van der Waals surface area contributed by atoms with E-state index in [1.807, 2.05) is 0 Å². The van der Waals surface area contributed by atoms with Crippen LogP contribution in [0.2, 0.25) is 0 Å². The van der Waals surface area contributed by atoms with Gasteiger partial charge in [0.25, 0.3) is 0 Å². The fourth-order valence-electron chi connectivity index (χ4n) is 1.50. The Labute approximate surface area is 118 Å². The van der Waals surface area contributed by atoms with Crippen molar-refractivity contribution in [2.24, 2.45) is 0 Å². The smallest absolute Gasteiger partial charge is 0.433 e. The van der Waals surface area contributed by atoms with Gasteiger partial charge >= 0.3 is 6.18 Å². The molecule has 0 spiro atoms. The van der Waals surface area contributed by atoms with Gasteiger partial charge in [0.15, 0.2) is 11.4 Å². The van der Waals surface area contributed by atoms with Gasteiger partial charge in [-0.3, -0.25) is 4.98 Å². The number of methoxy groups -OCH3 is 2. The molecule has 6 nitrogen and oxygen atoms in total. The number of nitrogens with one attached hydrogen (secondary N) is 1. The van der Waals surface area contributed by atoms with Crippen molar-refractivity contribution >= 4 is 11.6 Å². The van der Waals surface area contributed by atoms with Crippen LogP contribution in [-0.4, -0.2) is 29.2 Å². The lowest BCUT2D eigenvalue weighted by Gasteiger charge is -2.12. The summed E-state index contributed by atoms with van der Waals surface area (Å²) in [5, 5.41) is 2.64. The van der Waals surface area contributed by atoms with Crippen LogP contribution in [0.4, 0.5) is 24.8 Å². The Kier molecular flexibility index (Phi) is 4.10. The van der Waals surface area contributed by atoms with Gasteiger partial charge in [-0.15, -0.1) is 0 Å². The van der Waals surface area contributed by atoms with E-state index in [1.54, 1.807) is 0 Å². The van der Waals surface area contributed by atoms with Gasteiger partial charge in [-0.25, -0.2) is 4.98 Å². The average molecular weight is 300 g/mol. The molecule has 0 aliphatic carbocycles. The van der Waals surface area contributed by atoms with E-state index < -0.39 is 11.9 Å². The quantitative estimate of drug-likeness (QED) is 0.936. The Morgan fingerprint density at radius 3 is 2.52 bits per heavy atom. The standard InChI is InChI=1S/C12H11F3N4O2/c1-20-8-6-16-4-3-7(8)17-11-18-9(12(13,14)15)5-10(19-11)21-2/h3-6H,1-2H3,(H,16,17,18,19). The van der Waals surface area contributed by atoms with E-state index in [-0.39, 0.29) is 11.8 Å². The molecule has 112 valence electrons. The van der Waals surface area contributed by atoms with Gasteiger partial charge in [0.2, 0.25) is 11.8 Å². The molecule has 9 heteroatoms. The lowest BCUT2D eigenvalue weighted by atomic mass is 10.3. The molecule has 1 N–H and O–H groups in total. The van der Waals surface area contributed by atoms with Crippen LogP contribution < -0.4 is 14.8 Å². The maximum absolute atomic E-state index is 12.8. The number of anilines is 2. The van der Waals surface area contributed by atoms with Crippen molar-refractivity contribution in [1.82, 2.24) is 15.0 Å². The molecule has 0 aromatic carbocycles. The minimum atomic E-state index is -4.60. The molecule has 0 saturated carbocycles. The molecule has 0 atom stereocenters. The molecular formula is C12H11F3N4O2. The monoisotopic (exact) mass is 300 g/mol. The highest BCUT2D eigenvalue weighted by atomic mass is 19.4. The van der Waals surface area contributed by atoms with E-state index in [4.69, 9.17) is 9.47 Å². The Bertz CT molecular complexity index is 634. The lowest BCUT2D eigenvalue weighted by Crippen LogP contribution is -2.11. The molecule has 0 unspecified atom stereocenters. The van der Waals surface area contributed by atoms with E-state index in [0.717, 1.165) is 6.07 Å². The van der Waals surface area contributed by atoms with Gasteiger partial charge in [-0.2, -0.15) is 18.2 Å². The maximum Gasteiger partial charge on any atom is 0.433 e. The fraction of sp³-hybridized carbons (Fsp3) is 0.250. The molecule has 0 amide bonds. The minimum absolute atomic E-state index is 0.201.